The van der Waals surface area contributed by atoms with Crippen LogP contribution >= 0.6 is 0 Å². The molecule has 4 heteroatoms. The molecule has 0 aliphatic heterocycles. The van der Waals surface area contributed by atoms with E-state index in [0.29, 0.717) is 6.54 Å². The van der Waals surface area contributed by atoms with Crippen molar-refractivity contribution in [2.75, 3.05) is 6.54 Å². The Kier molecular flexibility index (Phi) is 7.20. The highest BCUT2D eigenvalue weighted by Gasteiger charge is 2.09. The minimum Gasteiger partial charge on any atom is -0.336 e. The number of hydrogen-bond acceptors (Lipinski definition) is 2. The highest BCUT2D eigenvalue weighted by Crippen LogP contribution is 1.98. The summed E-state index contributed by atoms with van der Waals surface area (Å²) in [5.74, 6) is 0. The van der Waals surface area contributed by atoms with Crippen molar-refractivity contribution < 1.29 is 4.79 Å². The highest BCUT2D eigenvalue weighted by molar-refractivity contribution is 5.74. The van der Waals surface area contributed by atoms with Crippen LogP contribution in [0.15, 0.2) is 0 Å². The molecule has 0 saturated heterocycles. The molecule has 84 valence electrons. The second kappa shape index (κ2) is 7.62. The molecule has 2 amide bonds. The van der Waals surface area contributed by atoms with Gasteiger partial charge in [0.1, 0.15) is 0 Å². The van der Waals surface area contributed by atoms with Crippen molar-refractivity contribution in [3.05, 3.63) is 0 Å². The van der Waals surface area contributed by atoms with E-state index in [4.69, 9.17) is 5.73 Å². The van der Waals surface area contributed by atoms with Crippen LogP contribution < -0.4 is 16.4 Å². The number of nitrogens with two attached hydrogens (primary N) is 1. The number of unbranched alkanes of at least 4 members (excludes halogenated alkanes) is 1. The van der Waals surface area contributed by atoms with Crippen molar-refractivity contribution in [2.24, 2.45) is 5.73 Å². The Bertz CT molecular complexity index is 159. The summed E-state index contributed by atoms with van der Waals surface area (Å²) in [6.07, 6.45) is 3.19. The molecule has 0 aromatic carbocycles. The summed E-state index contributed by atoms with van der Waals surface area (Å²) in [5.41, 5.74) is 5.55. The summed E-state index contributed by atoms with van der Waals surface area (Å²) in [6.45, 7) is 6.50. The minimum absolute atomic E-state index is 0.105. The molecular formula is C10H23N3O. The third-order valence-electron chi connectivity index (χ3n) is 1.95. The first-order valence-electron chi connectivity index (χ1n) is 5.37. The van der Waals surface area contributed by atoms with Gasteiger partial charge in [-0.25, -0.2) is 4.79 Å². The van der Waals surface area contributed by atoms with Crippen LogP contribution in [-0.2, 0) is 0 Å². The first-order valence-corrected chi connectivity index (χ1v) is 5.37. The first-order chi connectivity index (χ1) is 6.60. The van der Waals surface area contributed by atoms with Crippen molar-refractivity contribution in [3.63, 3.8) is 0 Å². The summed E-state index contributed by atoms with van der Waals surface area (Å²) in [6, 6.07) is 0.153. The molecule has 0 radical (unpaired) electrons. The molecule has 1 unspecified atom stereocenters. The second-order valence-electron chi connectivity index (χ2n) is 3.85. The van der Waals surface area contributed by atoms with Gasteiger partial charge in [-0.15, -0.1) is 0 Å². The molecule has 4 nitrogen and oxygen atoms in total. The average Bonchev–Trinajstić information content (AvgIpc) is 2.10. The number of nitrogens with one attached hydrogen (secondary N) is 2. The molecule has 0 aliphatic rings. The monoisotopic (exact) mass is 201 g/mol. The van der Waals surface area contributed by atoms with E-state index in [1.165, 1.54) is 0 Å². The topological polar surface area (TPSA) is 67.1 Å². The lowest BCUT2D eigenvalue weighted by molar-refractivity contribution is 0.234. The number of amides is 2. The van der Waals surface area contributed by atoms with E-state index < -0.39 is 0 Å². The fourth-order valence-corrected chi connectivity index (χ4v) is 1.19. The van der Waals surface area contributed by atoms with Gasteiger partial charge in [-0.1, -0.05) is 19.8 Å². The lowest BCUT2D eigenvalue weighted by Crippen LogP contribution is -2.47. The fraction of sp³-hybridized carbons (Fsp3) is 0.900. The van der Waals surface area contributed by atoms with Crippen molar-refractivity contribution in [2.45, 2.75) is 52.1 Å². The van der Waals surface area contributed by atoms with Crippen LogP contribution in [0.25, 0.3) is 0 Å². The van der Waals surface area contributed by atoms with Gasteiger partial charge in [0.25, 0.3) is 0 Å². The summed E-state index contributed by atoms with van der Waals surface area (Å²) in [5, 5.41) is 5.64. The quantitative estimate of drug-likeness (QED) is 0.604. The van der Waals surface area contributed by atoms with Crippen LogP contribution in [0.2, 0.25) is 0 Å². The maximum Gasteiger partial charge on any atom is 0.315 e. The Morgan fingerprint density at radius 3 is 2.43 bits per heavy atom. The summed E-state index contributed by atoms with van der Waals surface area (Å²) in [4.78, 5) is 11.3. The number of rotatable bonds is 6. The van der Waals surface area contributed by atoms with E-state index in [0.717, 1.165) is 19.3 Å². The summed E-state index contributed by atoms with van der Waals surface area (Å²) in [7, 11) is 0. The highest BCUT2D eigenvalue weighted by atomic mass is 16.2. The number of carbonyl (C=O) groups excluding carboxylic acids is 1. The summed E-state index contributed by atoms with van der Waals surface area (Å²) >= 11 is 0. The van der Waals surface area contributed by atoms with E-state index >= 15 is 0 Å². The van der Waals surface area contributed by atoms with Crippen molar-refractivity contribution in [3.8, 4) is 0 Å². The van der Waals surface area contributed by atoms with Crippen LogP contribution in [0, 0.1) is 0 Å². The molecule has 0 spiro atoms. The number of urea groups is 1. The van der Waals surface area contributed by atoms with Crippen LogP contribution in [-0.4, -0.2) is 24.7 Å². The van der Waals surface area contributed by atoms with Crippen molar-refractivity contribution >= 4 is 6.03 Å². The zero-order chi connectivity index (χ0) is 11.0. The lowest BCUT2D eigenvalue weighted by atomic mass is 10.1. The zero-order valence-electron chi connectivity index (χ0n) is 9.47. The predicted octanol–water partition coefficient (Wildman–Crippen LogP) is 1.21. The van der Waals surface area contributed by atoms with Crippen LogP contribution in [0.4, 0.5) is 4.79 Å². The van der Waals surface area contributed by atoms with Gasteiger partial charge in [0.05, 0.1) is 0 Å². The minimum atomic E-state index is -0.119. The van der Waals surface area contributed by atoms with E-state index in [1.54, 1.807) is 0 Å². The fourth-order valence-electron chi connectivity index (χ4n) is 1.19. The lowest BCUT2D eigenvalue weighted by Gasteiger charge is -2.18. The van der Waals surface area contributed by atoms with Gasteiger partial charge in [-0.2, -0.15) is 0 Å². The third kappa shape index (κ3) is 6.71. The molecule has 0 aromatic heterocycles. The molecule has 0 aliphatic carbocycles. The Hall–Kier alpha value is -0.770. The molecule has 0 heterocycles. The van der Waals surface area contributed by atoms with Gasteiger partial charge < -0.3 is 16.4 Å². The molecule has 1 atom stereocenters. The SMILES string of the molecule is CCCCC(CN)NC(=O)NC(C)C. The molecule has 0 rings (SSSR count). The maximum absolute atomic E-state index is 11.3. The van der Waals surface area contributed by atoms with Crippen molar-refractivity contribution in [1.29, 1.82) is 0 Å². The smallest absolute Gasteiger partial charge is 0.315 e. The largest absolute Gasteiger partial charge is 0.336 e. The molecule has 0 fully saturated rings. The van der Waals surface area contributed by atoms with Crippen molar-refractivity contribution in [1.82, 2.24) is 10.6 Å². The first kappa shape index (κ1) is 13.2. The maximum atomic E-state index is 11.3. The van der Waals surface area contributed by atoms with Crippen LogP contribution in [0.5, 0.6) is 0 Å². The Labute approximate surface area is 86.6 Å². The average molecular weight is 201 g/mol. The van der Waals surface area contributed by atoms with Gasteiger partial charge in [0, 0.05) is 18.6 Å². The second-order valence-corrected chi connectivity index (χ2v) is 3.85. The van der Waals surface area contributed by atoms with E-state index in [9.17, 15) is 4.79 Å². The third-order valence-corrected chi connectivity index (χ3v) is 1.95. The van der Waals surface area contributed by atoms with Gasteiger partial charge in [-0.05, 0) is 20.3 Å². The van der Waals surface area contributed by atoms with E-state index in [1.807, 2.05) is 13.8 Å². The van der Waals surface area contributed by atoms with Gasteiger partial charge >= 0.3 is 6.03 Å². The molecular weight excluding hydrogens is 178 g/mol. The standard InChI is InChI=1S/C10H23N3O/c1-4-5-6-9(7-11)13-10(14)12-8(2)3/h8-9H,4-7,11H2,1-3H3,(H2,12,13,14). The van der Waals surface area contributed by atoms with E-state index in [-0.39, 0.29) is 18.1 Å². The number of hydrogen-bond donors (Lipinski definition) is 3. The molecule has 0 saturated carbocycles. The van der Waals surface area contributed by atoms with Gasteiger partial charge in [-0.3, -0.25) is 0 Å². The molecule has 0 aromatic rings. The molecule has 4 N–H and O–H groups in total. The Morgan fingerprint density at radius 1 is 1.36 bits per heavy atom. The number of carbonyl (C=O) groups is 1. The van der Waals surface area contributed by atoms with Gasteiger partial charge in [0.15, 0.2) is 0 Å². The normalized spacial score (nSPS) is 12.6. The van der Waals surface area contributed by atoms with Crippen LogP contribution in [0.1, 0.15) is 40.0 Å². The molecule has 14 heavy (non-hydrogen) atoms. The van der Waals surface area contributed by atoms with Crippen LogP contribution in [0.3, 0.4) is 0 Å². The van der Waals surface area contributed by atoms with Gasteiger partial charge in [0.2, 0.25) is 0 Å². The molecule has 0 bridgehead atoms. The zero-order valence-corrected chi connectivity index (χ0v) is 9.47. The summed E-state index contributed by atoms with van der Waals surface area (Å²) < 4.78 is 0. The Morgan fingerprint density at radius 2 is 2.00 bits per heavy atom. The van der Waals surface area contributed by atoms with E-state index in [2.05, 4.69) is 17.6 Å². The predicted molar refractivity (Wildman–Crippen MR) is 59.2 cm³/mol. The Balaban J connectivity index is 3.74.